The molecule has 1 fully saturated rings. The molecule has 6 rings (SSSR count). The number of hydrogen-bond donors (Lipinski definition) is 0. The highest BCUT2D eigenvalue weighted by molar-refractivity contribution is 7.22. The maximum absolute atomic E-state index is 14.4. The van der Waals surface area contributed by atoms with Crippen LogP contribution in [0.5, 0.6) is 11.5 Å². The fourth-order valence-electron chi connectivity index (χ4n) is 4.70. The second kappa shape index (κ2) is 10.7. The molecule has 0 atom stereocenters. The van der Waals surface area contributed by atoms with Crippen molar-refractivity contribution in [2.45, 2.75) is 5.92 Å². The number of nitrogens with zero attached hydrogens (tertiary/aromatic N) is 3. The lowest BCUT2D eigenvalue weighted by Crippen LogP contribution is -2.44. The summed E-state index contributed by atoms with van der Waals surface area (Å²) in [6, 6.07) is 21.2. The van der Waals surface area contributed by atoms with Crippen LogP contribution in [0.25, 0.3) is 10.2 Å². The predicted molar refractivity (Wildman–Crippen MR) is 146 cm³/mol. The molecule has 2 aliphatic heterocycles. The lowest BCUT2D eigenvalue weighted by atomic mass is 9.87. The Morgan fingerprint density at radius 3 is 2.39 bits per heavy atom. The van der Waals surface area contributed by atoms with Crippen LogP contribution in [0.4, 0.5) is 5.13 Å². The lowest BCUT2D eigenvalue weighted by molar-refractivity contribution is -0.119. The van der Waals surface area contributed by atoms with Crippen molar-refractivity contribution in [2.75, 3.05) is 44.3 Å². The first-order chi connectivity index (χ1) is 17.2. The zero-order chi connectivity index (χ0) is 23.8. The number of carbonyl (C=O) groups excluding carboxylic acids is 1. The Hall–Kier alpha value is -2.68. The van der Waals surface area contributed by atoms with E-state index in [0.717, 1.165) is 41.0 Å². The number of halogens is 2. The number of ether oxygens (including phenoxy) is 2. The Balaban J connectivity index is 0.00000267. The topological polar surface area (TPSA) is 54.9 Å². The molecular formula is C27H25Cl2N3O3S. The number of benzene rings is 3. The molecule has 0 bridgehead atoms. The van der Waals surface area contributed by atoms with Gasteiger partial charge in [-0.3, -0.25) is 14.6 Å². The SMILES string of the molecule is Cl.O=C(C1c2ccccc2Oc2ccccc21)N(CCN1CCOCC1)c1nc2ccc(Cl)cc2s1. The van der Waals surface area contributed by atoms with Gasteiger partial charge in [0, 0.05) is 42.3 Å². The van der Waals surface area contributed by atoms with Gasteiger partial charge >= 0.3 is 0 Å². The Morgan fingerprint density at radius 2 is 1.69 bits per heavy atom. The van der Waals surface area contributed by atoms with E-state index in [1.807, 2.05) is 71.6 Å². The van der Waals surface area contributed by atoms with Gasteiger partial charge in [-0.15, -0.1) is 12.4 Å². The number of carbonyl (C=O) groups is 1. The third-order valence-corrected chi connectivity index (χ3v) is 7.78. The molecule has 0 N–H and O–H groups in total. The molecule has 186 valence electrons. The molecule has 1 aromatic heterocycles. The van der Waals surface area contributed by atoms with Gasteiger partial charge in [0.05, 0.1) is 29.3 Å². The van der Waals surface area contributed by atoms with E-state index in [2.05, 4.69) is 4.90 Å². The predicted octanol–water partition coefficient (Wildman–Crippen LogP) is 5.97. The minimum atomic E-state index is -0.476. The Morgan fingerprint density at radius 1 is 1.03 bits per heavy atom. The normalized spacial score (nSPS) is 15.5. The van der Waals surface area contributed by atoms with Crippen molar-refractivity contribution in [3.05, 3.63) is 82.9 Å². The molecular weight excluding hydrogens is 517 g/mol. The summed E-state index contributed by atoms with van der Waals surface area (Å²) in [5.74, 6) is 0.950. The number of fused-ring (bicyclic) bond motifs is 3. The first-order valence-corrected chi connectivity index (χ1v) is 12.9. The van der Waals surface area contributed by atoms with Crippen LogP contribution >= 0.6 is 35.3 Å². The first kappa shape index (κ1) is 25.0. The van der Waals surface area contributed by atoms with E-state index in [1.54, 1.807) is 0 Å². The summed E-state index contributed by atoms with van der Waals surface area (Å²) >= 11 is 7.73. The van der Waals surface area contributed by atoms with Gasteiger partial charge in [-0.05, 0) is 30.3 Å². The van der Waals surface area contributed by atoms with Crippen LogP contribution in [-0.4, -0.2) is 55.2 Å². The summed E-state index contributed by atoms with van der Waals surface area (Å²) in [6.07, 6.45) is 0. The number of aromatic nitrogens is 1. The van der Waals surface area contributed by atoms with Crippen molar-refractivity contribution in [1.82, 2.24) is 9.88 Å². The van der Waals surface area contributed by atoms with E-state index in [1.165, 1.54) is 11.3 Å². The molecule has 3 aromatic carbocycles. The fourth-order valence-corrected chi connectivity index (χ4v) is 5.97. The van der Waals surface area contributed by atoms with Crippen LogP contribution in [0.15, 0.2) is 66.7 Å². The summed E-state index contributed by atoms with van der Waals surface area (Å²) in [4.78, 5) is 23.4. The highest BCUT2D eigenvalue weighted by Crippen LogP contribution is 2.45. The molecule has 36 heavy (non-hydrogen) atoms. The van der Waals surface area contributed by atoms with E-state index < -0.39 is 5.92 Å². The summed E-state index contributed by atoms with van der Waals surface area (Å²) < 4.78 is 12.6. The van der Waals surface area contributed by atoms with Crippen molar-refractivity contribution in [3.8, 4) is 11.5 Å². The van der Waals surface area contributed by atoms with Gasteiger partial charge in [0.2, 0.25) is 5.91 Å². The van der Waals surface area contributed by atoms with Crippen molar-refractivity contribution in [1.29, 1.82) is 0 Å². The van der Waals surface area contributed by atoms with Gasteiger partial charge < -0.3 is 9.47 Å². The number of amides is 1. The summed E-state index contributed by atoms with van der Waals surface area (Å²) in [5, 5.41) is 1.34. The standard InChI is InChI=1S/C27H24ClN3O3S.ClH/c28-18-9-10-21-24(17-18)35-27(29-21)31(12-11-30-13-15-33-16-14-30)26(32)25-19-5-1-3-7-22(19)34-23-8-4-2-6-20(23)25;/h1-10,17,25H,11-16H2;1H. The van der Waals surface area contributed by atoms with Crippen LogP contribution in [0, 0.1) is 0 Å². The minimum absolute atomic E-state index is 0. The Kier molecular flexibility index (Phi) is 7.46. The molecule has 6 nitrogen and oxygen atoms in total. The van der Waals surface area contributed by atoms with E-state index in [-0.39, 0.29) is 18.3 Å². The molecule has 0 spiro atoms. The van der Waals surface area contributed by atoms with Gasteiger partial charge in [-0.1, -0.05) is 59.3 Å². The molecule has 4 aromatic rings. The third-order valence-electron chi connectivity index (χ3n) is 6.51. The molecule has 0 unspecified atom stereocenters. The second-order valence-corrected chi connectivity index (χ2v) is 10.1. The summed E-state index contributed by atoms with van der Waals surface area (Å²) in [7, 11) is 0. The van der Waals surface area contributed by atoms with Gasteiger partial charge in [-0.2, -0.15) is 0 Å². The molecule has 9 heteroatoms. The summed E-state index contributed by atoms with van der Waals surface area (Å²) in [5.41, 5.74) is 2.58. The largest absolute Gasteiger partial charge is 0.457 e. The average Bonchev–Trinajstić information content (AvgIpc) is 3.30. The number of morpholine rings is 1. The van der Waals surface area contributed by atoms with Gasteiger partial charge in [0.25, 0.3) is 0 Å². The lowest BCUT2D eigenvalue weighted by Gasteiger charge is -2.33. The highest BCUT2D eigenvalue weighted by atomic mass is 35.5. The fraction of sp³-hybridized carbons (Fsp3) is 0.259. The summed E-state index contributed by atoms with van der Waals surface area (Å²) in [6.45, 7) is 4.44. The zero-order valence-electron chi connectivity index (χ0n) is 19.4. The third kappa shape index (κ3) is 4.82. The quantitative estimate of drug-likeness (QED) is 0.311. The minimum Gasteiger partial charge on any atom is -0.457 e. The monoisotopic (exact) mass is 541 g/mol. The van der Waals surface area contributed by atoms with Crippen LogP contribution in [-0.2, 0) is 9.53 Å². The van der Waals surface area contributed by atoms with Crippen LogP contribution < -0.4 is 9.64 Å². The first-order valence-electron chi connectivity index (χ1n) is 11.7. The van der Waals surface area contributed by atoms with E-state index in [0.29, 0.717) is 41.4 Å². The smallest absolute Gasteiger partial charge is 0.241 e. The van der Waals surface area contributed by atoms with Crippen molar-refractivity contribution >= 4 is 56.6 Å². The van der Waals surface area contributed by atoms with Crippen molar-refractivity contribution in [2.24, 2.45) is 0 Å². The van der Waals surface area contributed by atoms with Crippen molar-refractivity contribution < 1.29 is 14.3 Å². The van der Waals surface area contributed by atoms with E-state index >= 15 is 0 Å². The van der Waals surface area contributed by atoms with E-state index in [4.69, 9.17) is 26.1 Å². The molecule has 3 heterocycles. The number of para-hydroxylation sites is 2. The number of thiazole rings is 1. The number of hydrogen-bond acceptors (Lipinski definition) is 6. The second-order valence-electron chi connectivity index (χ2n) is 8.66. The molecule has 0 aliphatic carbocycles. The van der Waals surface area contributed by atoms with Crippen LogP contribution in [0.2, 0.25) is 5.02 Å². The average molecular weight is 542 g/mol. The molecule has 2 aliphatic rings. The molecule has 0 radical (unpaired) electrons. The maximum atomic E-state index is 14.4. The molecule has 1 amide bonds. The number of anilines is 1. The van der Waals surface area contributed by atoms with Gasteiger partial charge in [-0.25, -0.2) is 4.98 Å². The van der Waals surface area contributed by atoms with Crippen LogP contribution in [0.3, 0.4) is 0 Å². The maximum Gasteiger partial charge on any atom is 0.241 e. The van der Waals surface area contributed by atoms with Crippen molar-refractivity contribution in [3.63, 3.8) is 0 Å². The van der Waals surface area contributed by atoms with Gasteiger partial charge in [0.1, 0.15) is 11.5 Å². The Bertz CT molecular complexity index is 1340. The zero-order valence-corrected chi connectivity index (χ0v) is 21.8. The number of rotatable bonds is 5. The van der Waals surface area contributed by atoms with Gasteiger partial charge in [0.15, 0.2) is 5.13 Å². The van der Waals surface area contributed by atoms with E-state index in [9.17, 15) is 4.79 Å². The Labute approximate surface area is 224 Å². The molecule has 1 saturated heterocycles. The van der Waals surface area contributed by atoms with Crippen LogP contribution in [0.1, 0.15) is 17.0 Å². The highest BCUT2D eigenvalue weighted by Gasteiger charge is 2.36. The molecule has 0 saturated carbocycles.